The van der Waals surface area contributed by atoms with E-state index in [-0.39, 0.29) is 12.5 Å². The molecule has 0 amide bonds. The molecule has 0 saturated carbocycles. The molecule has 0 saturated heterocycles. The fraction of sp³-hybridized carbons (Fsp3) is 0.286. The summed E-state index contributed by atoms with van der Waals surface area (Å²) in [5, 5.41) is 4.15. The molecule has 0 unspecified atom stereocenters. The number of esters is 1. The fourth-order valence-corrected chi connectivity index (χ4v) is 1.82. The lowest BCUT2D eigenvalue weighted by molar-refractivity contribution is -0.144. The predicted molar refractivity (Wildman–Crippen MR) is 72.2 cm³/mol. The number of hydrogen-bond donors (Lipinski definition) is 1. The molecule has 19 heavy (non-hydrogen) atoms. The van der Waals surface area contributed by atoms with Gasteiger partial charge in [0, 0.05) is 18.3 Å². The van der Waals surface area contributed by atoms with E-state index in [2.05, 4.69) is 5.10 Å². The summed E-state index contributed by atoms with van der Waals surface area (Å²) in [6.07, 6.45) is 3.56. The number of nitrogens with two attached hydrogens (primary N) is 1. The molecule has 2 N–H and O–H groups in total. The zero-order chi connectivity index (χ0) is 13.7. The molecule has 2 rings (SSSR count). The monoisotopic (exact) mass is 259 g/mol. The van der Waals surface area contributed by atoms with Gasteiger partial charge in [0.15, 0.2) is 0 Å². The Morgan fingerprint density at radius 2 is 2.26 bits per heavy atom. The first-order valence-electron chi connectivity index (χ1n) is 6.20. The first kappa shape index (κ1) is 13.3. The number of aromatic nitrogens is 2. The Bertz CT molecular complexity index is 563. The summed E-state index contributed by atoms with van der Waals surface area (Å²) in [5.41, 5.74) is 8.68. The van der Waals surface area contributed by atoms with Crippen molar-refractivity contribution >= 4 is 5.97 Å². The first-order chi connectivity index (χ1) is 9.22. The second kappa shape index (κ2) is 6.15. The zero-order valence-electron chi connectivity index (χ0n) is 10.9. The summed E-state index contributed by atoms with van der Waals surface area (Å²) in [4.78, 5) is 11.4. The number of hydrogen-bond acceptors (Lipinski definition) is 4. The Labute approximate surface area is 112 Å². The van der Waals surface area contributed by atoms with Crippen LogP contribution in [0.15, 0.2) is 36.7 Å². The Kier molecular flexibility index (Phi) is 4.30. The summed E-state index contributed by atoms with van der Waals surface area (Å²) in [5.74, 6) is -0.284. The molecule has 1 aromatic carbocycles. The molecule has 100 valence electrons. The highest BCUT2D eigenvalue weighted by atomic mass is 16.5. The van der Waals surface area contributed by atoms with Gasteiger partial charge in [-0.25, -0.2) is 0 Å². The van der Waals surface area contributed by atoms with E-state index in [1.165, 1.54) is 0 Å². The zero-order valence-corrected chi connectivity index (χ0v) is 10.9. The van der Waals surface area contributed by atoms with E-state index >= 15 is 0 Å². The minimum Gasteiger partial charge on any atom is -0.465 e. The predicted octanol–water partition coefficient (Wildman–Crippen LogP) is 1.57. The minimum absolute atomic E-state index is 0.129. The van der Waals surface area contributed by atoms with E-state index in [0.29, 0.717) is 13.2 Å². The maximum Gasteiger partial charge on any atom is 0.327 e. The average molecular weight is 259 g/mol. The SMILES string of the molecule is CCOC(=O)Cn1cc(-c2cccc(CN)c2)cn1. The van der Waals surface area contributed by atoms with Crippen LogP contribution in [0.4, 0.5) is 0 Å². The maximum absolute atomic E-state index is 11.4. The second-order valence-corrected chi connectivity index (χ2v) is 4.14. The third-order valence-corrected chi connectivity index (χ3v) is 2.73. The number of carbonyl (C=O) groups is 1. The van der Waals surface area contributed by atoms with E-state index in [1.54, 1.807) is 17.8 Å². The molecular formula is C14H17N3O2. The molecule has 5 heteroatoms. The van der Waals surface area contributed by atoms with Gasteiger partial charge in [0.05, 0.1) is 12.8 Å². The Morgan fingerprint density at radius 1 is 1.42 bits per heavy atom. The molecule has 0 spiro atoms. The largest absolute Gasteiger partial charge is 0.465 e. The van der Waals surface area contributed by atoms with Crippen molar-refractivity contribution in [2.24, 2.45) is 5.73 Å². The highest BCUT2D eigenvalue weighted by molar-refractivity contribution is 5.69. The second-order valence-electron chi connectivity index (χ2n) is 4.14. The number of rotatable bonds is 5. The van der Waals surface area contributed by atoms with Crippen molar-refractivity contribution in [3.05, 3.63) is 42.2 Å². The van der Waals surface area contributed by atoms with Gasteiger partial charge in [-0.1, -0.05) is 18.2 Å². The Hall–Kier alpha value is -2.14. The van der Waals surface area contributed by atoms with Crippen molar-refractivity contribution in [3.63, 3.8) is 0 Å². The molecule has 0 fully saturated rings. The summed E-state index contributed by atoms with van der Waals surface area (Å²) in [6, 6.07) is 7.95. The normalized spacial score (nSPS) is 10.4. The van der Waals surface area contributed by atoms with Gasteiger partial charge in [-0.2, -0.15) is 5.10 Å². The van der Waals surface area contributed by atoms with E-state index in [1.807, 2.05) is 30.5 Å². The van der Waals surface area contributed by atoms with E-state index < -0.39 is 0 Å². The van der Waals surface area contributed by atoms with Gasteiger partial charge in [-0.3, -0.25) is 9.48 Å². The van der Waals surface area contributed by atoms with Crippen LogP contribution in [-0.4, -0.2) is 22.4 Å². The molecule has 1 aromatic heterocycles. The van der Waals surface area contributed by atoms with Gasteiger partial charge in [0.25, 0.3) is 0 Å². The van der Waals surface area contributed by atoms with Crippen LogP contribution < -0.4 is 5.73 Å². The van der Waals surface area contributed by atoms with Crippen molar-refractivity contribution in [3.8, 4) is 11.1 Å². The summed E-state index contributed by atoms with van der Waals surface area (Å²) in [7, 11) is 0. The molecular weight excluding hydrogens is 242 g/mol. The molecule has 1 heterocycles. The lowest BCUT2D eigenvalue weighted by Crippen LogP contribution is -2.13. The summed E-state index contributed by atoms with van der Waals surface area (Å²) >= 11 is 0. The third kappa shape index (κ3) is 3.42. The lowest BCUT2D eigenvalue weighted by atomic mass is 10.1. The van der Waals surface area contributed by atoms with Gasteiger partial charge in [-0.05, 0) is 24.1 Å². The first-order valence-corrected chi connectivity index (χ1v) is 6.20. The fourth-order valence-electron chi connectivity index (χ4n) is 1.82. The van der Waals surface area contributed by atoms with Crippen LogP contribution in [0.3, 0.4) is 0 Å². The van der Waals surface area contributed by atoms with Gasteiger partial charge < -0.3 is 10.5 Å². The van der Waals surface area contributed by atoms with E-state index in [0.717, 1.165) is 16.7 Å². The maximum atomic E-state index is 11.4. The van der Waals surface area contributed by atoms with Crippen molar-refractivity contribution in [2.45, 2.75) is 20.0 Å². The van der Waals surface area contributed by atoms with Crippen molar-refractivity contribution in [1.82, 2.24) is 9.78 Å². The minimum atomic E-state index is -0.284. The number of ether oxygens (including phenoxy) is 1. The van der Waals surface area contributed by atoms with Crippen LogP contribution in [-0.2, 0) is 22.6 Å². The van der Waals surface area contributed by atoms with Gasteiger partial charge >= 0.3 is 5.97 Å². The highest BCUT2D eigenvalue weighted by Crippen LogP contribution is 2.19. The van der Waals surface area contributed by atoms with E-state index in [4.69, 9.17) is 10.5 Å². The smallest absolute Gasteiger partial charge is 0.327 e. The lowest BCUT2D eigenvalue weighted by Gasteiger charge is -2.02. The van der Waals surface area contributed by atoms with Gasteiger partial charge in [0.1, 0.15) is 6.54 Å². The van der Waals surface area contributed by atoms with Gasteiger partial charge in [0.2, 0.25) is 0 Å². The Morgan fingerprint density at radius 3 is 3.00 bits per heavy atom. The molecule has 0 bridgehead atoms. The average Bonchev–Trinajstić information content (AvgIpc) is 2.87. The summed E-state index contributed by atoms with van der Waals surface area (Å²) in [6.45, 7) is 2.80. The molecule has 0 atom stereocenters. The summed E-state index contributed by atoms with van der Waals surface area (Å²) < 4.78 is 6.45. The van der Waals surface area contributed by atoms with Crippen LogP contribution in [0.25, 0.3) is 11.1 Å². The quantitative estimate of drug-likeness (QED) is 0.827. The topological polar surface area (TPSA) is 70.1 Å². The van der Waals surface area contributed by atoms with Gasteiger partial charge in [-0.15, -0.1) is 0 Å². The van der Waals surface area contributed by atoms with Crippen LogP contribution in [0.1, 0.15) is 12.5 Å². The van der Waals surface area contributed by atoms with Crippen molar-refractivity contribution in [2.75, 3.05) is 6.61 Å². The van der Waals surface area contributed by atoms with Crippen LogP contribution in [0.5, 0.6) is 0 Å². The standard InChI is InChI=1S/C14H17N3O2/c1-2-19-14(18)10-17-9-13(8-16-17)12-5-3-4-11(6-12)7-15/h3-6,8-9H,2,7,10,15H2,1H3. The molecule has 0 aliphatic heterocycles. The number of benzene rings is 1. The van der Waals surface area contributed by atoms with Crippen molar-refractivity contribution in [1.29, 1.82) is 0 Å². The van der Waals surface area contributed by atoms with Crippen LogP contribution in [0, 0.1) is 0 Å². The van der Waals surface area contributed by atoms with Crippen LogP contribution >= 0.6 is 0 Å². The molecule has 0 aliphatic rings. The molecule has 0 aliphatic carbocycles. The third-order valence-electron chi connectivity index (χ3n) is 2.73. The Balaban J connectivity index is 2.13. The number of carbonyl (C=O) groups excluding carboxylic acids is 1. The number of nitrogens with zero attached hydrogens (tertiary/aromatic N) is 2. The highest BCUT2D eigenvalue weighted by Gasteiger charge is 2.06. The van der Waals surface area contributed by atoms with Crippen molar-refractivity contribution < 1.29 is 9.53 Å². The van der Waals surface area contributed by atoms with E-state index in [9.17, 15) is 4.79 Å². The molecule has 2 aromatic rings. The molecule has 5 nitrogen and oxygen atoms in total. The van der Waals surface area contributed by atoms with Crippen LogP contribution in [0.2, 0.25) is 0 Å². The molecule has 0 radical (unpaired) electrons.